The van der Waals surface area contributed by atoms with Gasteiger partial charge in [-0.15, -0.1) is 11.3 Å². The second-order valence-electron chi connectivity index (χ2n) is 8.51. The number of nitrogens with zero attached hydrogens (tertiary/aromatic N) is 2. The smallest absolute Gasteiger partial charge is 0.271 e. The molecule has 0 aliphatic carbocycles. The van der Waals surface area contributed by atoms with Crippen LogP contribution in [-0.4, -0.2) is 40.5 Å². The van der Waals surface area contributed by atoms with E-state index in [1.54, 1.807) is 30.3 Å². The first-order valence-corrected chi connectivity index (χ1v) is 12.3. The number of thiophene rings is 1. The summed E-state index contributed by atoms with van der Waals surface area (Å²) < 4.78 is 8.49. The molecule has 5 rings (SSSR count). The van der Waals surface area contributed by atoms with Gasteiger partial charge in [0.05, 0.1) is 17.3 Å². The Morgan fingerprint density at radius 3 is 2.72 bits per heavy atom. The molecule has 32 heavy (non-hydrogen) atoms. The Bertz CT molecular complexity index is 1230. The van der Waals surface area contributed by atoms with Crippen molar-refractivity contribution >= 4 is 39.1 Å². The summed E-state index contributed by atoms with van der Waals surface area (Å²) in [5.41, 5.74) is 9.70. The van der Waals surface area contributed by atoms with Crippen molar-refractivity contribution in [2.24, 2.45) is 5.73 Å². The highest BCUT2D eigenvalue weighted by atomic mass is 79.9. The number of aromatic nitrogens is 1. The number of nitrogens with two attached hydrogens (primary N) is 1. The lowest BCUT2D eigenvalue weighted by atomic mass is 9.95. The number of hydrogen-bond donors (Lipinski definition) is 1. The number of hydrogen-bond acceptors (Lipinski definition) is 4. The standard InChI is InChI=1S/C24H24BrN3O3S/c1-24(23(26)30)7-4-8-28(24)22(29)18-13-16(20-5-3-10-32-20)21-15-12-17(25)19(31-2)11-14(15)6-9-27(18)21/h3,5,10-13H,4,6-9H2,1-2H3,(H2,26,30)/t24-/m1/s1. The van der Waals surface area contributed by atoms with E-state index in [4.69, 9.17) is 10.5 Å². The van der Waals surface area contributed by atoms with Crippen molar-refractivity contribution in [3.63, 3.8) is 0 Å². The van der Waals surface area contributed by atoms with E-state index in [1.807, 2.05) is 17.5 Å². The molecule has 0 bridgehead atoms. The first-order valence-electron chi connectivity index (χ1n) is 10.6. The van der Waals surface area contributed by atoms with Gasteiger partial charge in [0.15, 0.2) is 0 Å². The number of amides is 2. The highest BCUT2D eigenvalue weighted by Crippen LogP contribution is 2.45. The molecule has 1 atom stereocenters. The Kier molecular flexibility index (Phi) is 5.17. The lowest BCUT2D eigenvalue weighted by Gasteiger charge is -2.33. The Morgan fingerprint density at radius 2 is 2.03 bits per heavy atom. The quantitative estimate of drug-likeness (QED) is 0.549. The molecule has 3 aromatic rings. The molecule has 6 nitrogen and oxygen atoms in total. The summed E-state index contributed by atoms with van der Waals surface area (Å²) in [6, 6.07) is 10.2. The number of carbonyl (C=O) groups excluding carboxylic acids is 2. The van der Waals surface area contributed by atoms with Crippen molar-refractivity contribution in [3.05, 3.63) is 51.4 Å². The number of carbonyl (C=O) groups is 2. The van der Waals surface area contributed by atoms with Gasteiger partial charge in [-0.25, -0.2) is 0 Å². The molecule has 8 heteroatoms. The van der Waals surface area contributed by atoms with Gasteiger partial charge in [-0.2, -0.15) is 0 Å². The summed E-state index contributed by atoms with van der Waals surface area (Å²) in [5.74, 6) is 0.213. The van der Waals surface area contributed by atoms with Crippen LogP contribution in [0.4, 0.5) is 0 Å². The van der Waals surface area contributed by atoms with Gasteiger partial charge in [0.2, 0.25) is 5.91 Å². The largest absolute Gasteiger partial charge is 0.496 e. The maximum Gasteiger partial charge on any atom is 0.271 e. The molecule has 1 aromatic carbocycles. The molecule has 2 amide bonds. The number of primary amides is 1. The predicted molar refractivity (Wildman–Crippen MR) is 129 cm³/mol. The summed E-state index contributed by atoms with van der Waals surface area (Å²) in [6.45, 7) is 2.99. The van der Waals surface area contributed by atoms with Crippen LogP contribution in [-0.2, 0) is 17.8 Å². The fourth-order valence-electron chi connectivity index (χ4n) is 4.96. The third-order valence-corrected chi connectivity index (χ3v) is 8.28. The van der Waals surface area contributed by atoms with Crippen LogP contribution in [0.1, 0.15) is 35.8 Å². The number of rotatable bonds is 4. The molecule has 0 unspecified atom stereocenters. The van der Waals surface area contributed by atoms with Gasteiger partial charge in [0.1, 0.15) is 17.0 Å². The van der Waals surface area contributed by atoms with Crippen LogP contribution in [0, 0.1) is 0 Å². The minimum Gasteiger partial charge on any atom is -0.496 e. The van der Waals surface area contributed by atoms with E-state index in [1.165, 1.54) is 5.56 Å². The third kappa shape index (κ3) is 3.11. The minimum atomic E-state index is -0.951. The van der Waals surface area contributed by atoms with Crippen molar-refractivity contribution in [1.29, 1.82) is 0 Å². The van der Waals surface area contributed by atoms with Crippen LogP contribution >= 0.6 is 27.3 Å². The van der Waals surface area contributed by atoms with Gasteiger partial charge in [-0.1, -0.05) is 6.07 Å². The van der Waals surface area contributed by atoms with Crippen molar-refractivity contribution in [2.45, 2.75) is 38.3 Å². The first-order chi connectivity index (χ1) is 15.3. The third-order valence-electron chi connectivity index (χ3n) is 6.76. The van der Waals surface area contributed by atoms with E-state index in [9.17, 15) is 9.59 Å². The van der Waals surface area contributed by atoms with Crippen molar-refractivity contribution in [3.8, 4) is 27.4 Å². The van der Waals surface area contributed by atoms with Gasteiger partial charge in [-0.05, 0) is 77.3 Å². The van der Waals surface area contributed by atoms with Gasteiger partial charge >= 0.3 is 0 Å². The second-order valence-corrected chi connectivity index (χ2v) is 10.3. The maximum absolute atomic E-state index is 13.8. The molecule has 2 N–H and O–H groups in total. The summed E-state index contributed by atoms with van der Waals surface area (Å²) in [6.07, 6.45) is 2.15. The SMILES string of the molecule is COc1cc2c(cc1Br)-c1c(-c3cccs3)cc(C(=O)N3CCC[C@]3(C)C(N)=O)n1CC2. The summed E-state index contributed by atoms with van der Waals surface area (Å²) >= 11 is 5.27. The molecular weight excluding hydrogens is 490 g/mol. The van der Waals surface area contributed by atoms with Crippen LogP contribution < -0.4 is 10.5 Å². The van der Waals surface area contributed by atoms with E-state index >= 15 is 0 Å². The zero-order valence-electron chi connectivity index (χ0n) is 18.0. The van der Waals surface area contributed by atoms with Gasteiger partial charge in [0, 0.05) is 29.1 Å². The Labute approximate surface area is 199 Å². The maximum atomic E-state index is 13.8. The molecule has 0 spiro atoms. The van der Waals surface area contributed by atoms with E-state index in [-0.39, 0.29) is 5.91 Å². The number of halogens is 1. The molecule has 2 aromatic heterocycles. The number of fused-ring (bicyclic) bond motifs is 3. The molecule has 0 saturated carbocycles. The van der Waals surface area contributed by atoms with Crippen molar-refractivity contribution in [2.75, 3.05) is 13.7 Å². The van der Waals surface area contributed by atoms with Crippen LogP contribution in [0.3, 0.4) is 0 Å². The number of ether oxygens (including phenoxy) is 1. The van der Waals surface area contributed by atoms with Crippen LogP contribution in [0.5, 0.6) is 5.75 Å². The molecule has 1 saturated heterocycles. The van der Waals surface area contributed by atoms with E-state index in [0.29, 0.717) is 25.2 Å². The predicted octanol–water partition coefficient (Wildman–Crippen LogP) is 4.69. The Balaban J connectivity index is 1.70. The first kappa shape index (κ1) is 21.3. The fraction of sp³-hybridized carbons (Fsp3) is 0.333. The number of aryl methyl sites for hydroxylation is 1. The van der Waals surface area contributed by atoms with Crippen LogP contribution in [0.15, 0.2) is 40.2 Å². The molecule has 4 heterocycles. The molecule has 0 radical (unpaired) electrons. The average Bonchev–Trinajstić information content (AvgIpc) is 3.51. The second kappa shape index (κ2) is 7.78. The average molecular weight is 514 g/mol. The topological polar surface area (TPSA) is 77.6 Å². The van der Waals surface area contributed by atoms with Crippen LogP contribution in [0.25, 0.3) is 21.7 Å². The van der Waals surface area contributed by atoms with Crippen molar-refractivity contribution in [1.82, 2.24) is 9.47 Å². The molecule has 1 fully saturated rings. The van der Waals surface area contributed by atoms with Gasteiger partial charge in [0.25, 0.3) is 5.91 Å². The minimum absolute atomic E-state index is 0.135. The molecular formula is C24H24BrN3O3S. The van der Waals surface area contributed by atoms with Gasteiger partial charge < -0.3 is 19.9 Å². The monoisotopic (exact) mass is 513 g/mol. The zero-order chi connectivity index (χ0) is 22.6. The molecule has 2 aliphatic heterocycles. The zero-order valence-corrected chi connectivity index (χ0v) is 20.4. The normalized spacial score (nSPS) is 19.5. The summed E-state index contributed by atoms with van der Waals surface area (Å²) in [7, 11) is 1.66. The lowest BCUT2D eigenvalue weighted by molar-refractivity contribution is -0.126. The Hall–Kier alpha value is -2.58. The number of likely N-dealkylation sites (tertiary alicyclic amines) is 1. The van der Waals surface area contributed by atoms with E-state index in [2.05, 4.69) is 38.7 Å². The number of benzene rings is 1. The molecule has 166 valence electrons. The number of methoxy groups -OCH3 is 1. The highest BCUT2D eigenvalue weighted by Gasteiger charge is 2.45. The Morgan fingerprint density at radius 1 is 1.22 bits per heavy atom. The fourth-order valence-corrected chi connectivity index (χ4v) is 6.21. The summed E-state index contributed by atoms with van der Waals surface area (Å²) in [5, 5.41) is 2.04. The highest BCUT2D eigenvalue weighted by molar-refractivity contribution is 9.10. The molecule has 2 aliphatic rings. The van der Waals surface area contributed by atoms with Gasteiger partial charge in [-0.3, -0.25) is 9.59 Å². The van der Waals surface area contributed by atoms with Crippen molar-refractivity contribution < 1.29 is 14.3 Å². The van der Waals surface area contributed by atoms with E-state index < -0.39 is 11.4 Å². The van der Waals surface area contributed by atoms with Crippen LogP contribution in [0.2, 0.25) is 0 Å². The summed E-state index contributed by atoms with van der Waals surface area (Å²) in [4.78, 5) is 28.8. The van der Waals surface area contributed by atoms with E-state index in [0.717, 1.165) is 44.8 Å². The lowest BCUT2D eigenvalue weighted by Crippen LogP contribution is -2.54.